The van der Waals surface area contributed by atoms with Gasteiger partial charge in [-0.15, -0.1) is 0 Å². The number of nitrogens with one attached hydrogen (secondary N) is 1. The van der Waals surface area contributed by atoms with Crippen molar-refractivity contribution < 1.29 is 8.42 Å². The molecule has 2 heterocycles. The molecule has 7 heteroatoms. The molecule has 1 aromatic heterocycles. The molecule has 26 heavy (non-hydrogen) atoms. The molecule has 0 bridgehead atoms. The third kappa shape index (κ3) is 2.77. The van der Waals surface area contributed by atoms with Crippen LogP contribution in [0.4, 0.5) is 5.69 Å². The van der Waals surface area contributed by atoms with Crippen molar-refractivity contribution in [1.29, 1.82) is 0 Å². The molecule has 0 saturated carbocycles. The normalized spacial score (nSPS) is 15.5. The molecule has 0 spiro atoms. The summed E-state index contributed by atoms with van der Waals surface area (Å²) in [5.74, 6) is 0.562. The molecule has 0 radical (unpaired) electrons. The second-order valence-electron chi connectivity index (χ2n) is 6.35. The fourth-order valence-electron chi connectivity index (χ4n) is 3.46. The third-order valence-corrected chi connectivity index (χ3v) is 6.50. The van der Waals surface area contributed by atoms with E-state index in [2.05, 4.69) is 10.2 Å². The lowest BCUT2D eigenvalue weighted by Gasteiger charge is -2.29. The van der Waals surface area contributed by atoms with Gasteiger partial charge >= 0.3 is 0 Å². The first-order valence-electron chi connectivity index (χ1n) is 8.89. The Hall–Kier alpha value is -2.38. The highest BCUT2D eigenvalue weighted by molar-refractivity contribution is 7.90. The molecule has 3 aromatic rings. The number of hydrogen-bond donors (Lipinski definition) is 1. The number of benzene rings is 2. The lowest BCUT2D eigenvalue weighted by molar-refractivity contribution is 0.586. The molecule has 2 aromatic carbocycles. The molecule has 136 valence electrons. The molecular formula is C19H22N4O2S. The number of para-hydroxylation sites is 1. The number of hydrogen-bond acceptors (Lipinski definition) is 5. The van der Waals surface area contributed by atoms with Crippen LogP contribution in [0, 0.1) is 0 Å². The van der Waals surface area contributed by atoms with Gasteiger partial charge in [0.2, 0.25) is 0 Å². The minimum absolute atomic E-state index is 0.279. The van der Waals surface area contributed by atoms with Crippen LogP contribution in [0.25, 0.3) is 11.0 Å². The van der Waals surface area contributed by atoms with Crippen LogP contribution in [0.15, 0.2) is 53.4 Å². The van der Waals surface area contributed by atoms with Gasteiger partial charge in [0, 0.05) is 32.6 Å². The first-order valence-corrected chi connectivity index (χ1v) is 10.3. The Balaban J connectivity index is 1.93. The predicted molar refractivity (Wildman–Crippen MR) is 103 cm³/mol. The van der Waals surface area contributed by atoms with E-state index in [0.717, 1.165) is 37.4 Å². The average Bonchev–Trinajstić information content (AvgIpc) is 3.09. The molecule has 0 atom stereocenters. The second-order valence-corrected chi connectivity index (χ2v) is 8.13. The molecule has 0 amide bonds. The van der Waals surface area contributed by atoms with E-state index >= 15 is 0 Å². The SMILES string of the molecule is CCc1nc2c(N3CCNCC3)cccc2n1S(=O)(=O)c1ccccc1. The topological polar surface area (TPSA) is 67.2 Å². The smallest absolute Gasteiger partial charge is 0.269 e. The fraction of sp³-hybridized carbons (Fsp3) is 0.316. The highest BCUT2D eigenvalue weighted by Crippen LogP contribution is 2.30. The van der Waals surface area contributed by atoms with Crippen LogP contribution in [0.1, 0.15) is 12.7 Å². The summed E-state index contributed by atoms with van der Waals surface area (Å²) in [4.78, 5) is 7.27. The standard InChI is InChI=1S/C19H22N4O2S/c1-2-18-21-19-16(22-13-11-20-12-14-22)9-6-10-17(19)23(18)26(24,25)15-7-4-3-5-8-15/h3-10,20H,2,11-14H2,1H3. The molecule has 0 aliphatic carbocycles. The minimum atomic E-state index is -3.69. The Labute approximate surface area is 153 Å². The summed E-state index contributed by atoms with van der Waals surface area (Å²) in [6.07, 6.45) is 0.543. The van der Waals surface area contributed by atoms with Crippen LogP contribution in [0.2, 0.25) is 0 Å². The summed E-state index contributed by atoms with van der Waals surface area (Å²) >= 11 is 0. The van der Waals surface area contributed by atoms with Gasteiger partial charge in [0.05, 0.1) is 16.1 Å². The molecule has 6 nitrogen and oxygen atoms in total. The largest absolute Gasteiger partial charge is 0.367 e. The molecule has 1 N–H and O–H groups in total. The Kier molecular flexibility index (Phi) is 4.42. The van der Waals surface area contributed by atoms with Gasteiger partial charge in [0.25, 0.3) is 10.0 Å². The number of aromatic nitrogens is 2. The Morgan fingerprint density at radius 3 is 2.46 bits per heavy atom. The van der Waals surface area contributed by atoms with E-state index < -0.39 is 10.0 Å². The molecule has 1 saturated heterocycles. The van der Waals surface area contributed by atoms with Gasteiger partial charge in [-0.05, 0) is 24.3 Å². The van der Waals surface area contributed by atoms with Crippen molar-refractivity contribution in [2.24, 2.45) is 0 Å². The number of piperazine rings is 1. The van der Waals surface area contributed by atoms with E-state index in [1.54, 1.807) is 24.3 Å². The maximum atomic E-state index is 13.3. The highest BCUT2D eigenvalue weighted by atomic mass is 32.2. The van der Waals surface area contributed by atoms with Crippen molar-refractivity contribution in [3.8, 4) is 0 Å². The molecular weight excluding hydrogens is 348 g/mol. The summed E-state index contributed by atoms with van der Waals surface area (Å²) in [5.41, 5.74) is 2.40. The van der Waals surface area contributed by atoms with Gasteiger partial charge in [-0.3, -0.25) is 0 Å². The van der Waals surface area contributed by atoms with E-state index in [-0.39, 0.29) is 4.90 Å². The zero-order valence-corrected chi connectivity index (χ0v) is 15.5. The van der Waals surface area contributed by atoms with Crippen molar-refractivity contribution in [2.75, 3.05) is 31.1 Å². The van der Waals surface area contributed by atoms with Crippen LogP contribution in [-0.4, -0.2) is 43.6 Å². The van der Waals surface area contributed by atoms with E-state index in [0.29, 0.717) is 17.8 Å². The number of rotatable bonds is 4. The van der Waals surface area contributed by atoms with E-state index in [1.807, 2.05) is 31.2 Å². The van der Waals surface area contributed by atoms with Crippen LogP contribution in [0.5, 0.6) is 0 Å². The van der Waals surface area contributed by atoms with Gasteiger partial charge in [0.15, 0.2) is 0 Å². The lowest BCUT2D eigenvalue weighted by atomic mass is 10.2. The highest BCUT2D eigenvalue weighted by Gasteiger charge is 2.25. The summed E-state index contributed by atoms with van der Waals surface area (Å²) in [7, 11) is -3.69. The van der Waals surface area contributed by atoms with Crippen LogP contribution >= 0.6 is 0 Å². The molecule has 0 unspecified atom stereocenters. The van der Waals surface area contributed by atoms with Gasteiger partial charge in [0.1, 0.15) is 11.3 Å². The lowest BCUT2D eigenvalue weighted by Crippen LogP contribution is -2.43. The van der Waals surface area contributed by atoms with Gasteiger partial charge in [-0.2, -0.15) is 0 Å². The summed E-state index contributed by atoms with van der Waals surface area (Å²) in [5, 5.41) is 3.34. The average molecular weight is 370 g/mol. The quantitative estimate of drug-likeness (QED) is 0.763. The number of imidazole rings is 1. The van der Waals surface area contributed by atoms with Crippen LogP contribution in [-0.2, 0) is 16.4 Å². The molecule has 1 fully saturated rings. The fourth-order valence-corrected chi connectivity index (χ4v) is 5.03. The molecule has 1 aliphatic rings. The number of anilines is 1. The van der Waals surface area contributed by atoms with Crippen molar-refractivity contribution in [3.63, 3.8) is 0 Å². The van der Waals surface area contributed by atoms with Gasteiger partial charge in [-0.1, -0.05) is 31.2 Å². The zero-order valence-electron chi connectivity index (χ0n) is 14.7. The van der Waals surface area contributed by atoms with Crippen LogP contribution < -0.4 is 10.2 Å². The van der Waals surface area contributed by atoms with Crippen molar-refractivity contribution in [3.05, 3.63) is 54.4 Å². The van der Waals surface area contributed by atoms with Gasteiger partial charge < -0.3 is 10.2 Å². The predicted octanol–water partition coefficient (Wildman–Crippen LogP) is 2.25. The summed E-state index contributed by atoms with van der Waals surface area (Å²) in [6, 6.07) is 14.3. The summed E-state index contributed by atoms with van der Waals surface area (Å²) < 4.78 is 28.0. The van der Waals surface area contributed by atoms with Crippen molar-refractivity contribution >= 4 is 26.7 Å². The Bertz CT molecular complexity index is 1020. The van der Waals surface area contributed by atoms with Crippen molar-refractivity contribution in [1.82, 2.24) is 14.3 Å². The monoisotopic (exact) mass is 370 g/mol. The zero-order chi connectivity index (χ0) is 18.1. The summed E-state index contributed by atoms with van der Waals surface area (Å²) in [6.45, 7) is 5.54. The van der Waals surface area contributed by atoms with Crippen molar-refractivity contribution in [2.45, 2.75) is 18.2 Å². The first-order chi connectivity index (χ1) is 12.6. The number of nitrogens with zero attached hydrogens (tertiary/aromatic N) is 3. The van der Waals surface area contributed by atoms with E-state index in [4.69, 9.17) is 4.98 Å². The van der Waals surface area contributed by atoms with Crippen LogP contribution in [0.3, 0.4) is 0 Å². The second kappa shape index (κ2) is 6.74. The molecule has 1 aliphatic heterocycles. The first kappa shape index (κ1) is 17.1. The molecule has 4 rings (SSSR count). The van der Waals surface area contributed by atoms with E-state index in [9.17, 15) is 8.42 Å². The number of aryl methyl sites for hydroxylation is 1. The Morgan fingerprint density at radius 1 is 1.04 bits per heavy atom. The minimum Gasteiger partial charge on any atom is -0.367 e. The van der Waals surface area contributed by atoms with Gasteiger partial charge in [-0.25, -0.2) is 17.4 Å². The van der Waals surface area contributed by atoms with E-state index in [1.165, 1.54) is 3.97 Å². The maximum absolute atomic E-state index is 13.3. The Morgan fingerprint density at radius 2 is 1.77 bits per heavy atom. The maximum Gasteiger partial charge on any atom is 0.269 e. The number of fused-ring (bicyclic) bond motifs is 1. The third-order valence-electron chi connectivity index (χ3n) is 4.74.